The summed E-state index contributed by atoms with van der Waals surface area (Å²) in [5, 5.41) is 12.7. The number of hydrogen-bond donors (Lipinski definition) is 2. The van der Waals surface area contributed by atoms with E-state index >= 15 is 0 Å². The fourth-order valence-corrected chi connectivity index (χ4v) is 3.38. The number of para-hydroxylation sites is 2. The SMILES string of the molecule is CC(C)(Oc1cccc(CCCNCCCCCc2nc3ccccc3o2)c1)C(=O)O. The second kappa shape index (κ2) is 11.0. The third-order valence-electron chi connectivity index (χ3n) is 5.19. The van der Waals surface area contributed by atoms with Crippen molar-refractivity contribution >= 4 is 17.1 Å². The summed E-state index contributed by atoms with van der Waals surface area (Å²) in [6, 6.07) is 15.6. The predicted molar refractivity (Wildman–Crippen MR) is 122 cm³/mol. The Morgan fingerprint density at radius 1 is 1.03 bits per heavy atom. The molecule has 0 saturated heterocycles. The van der Waals surface area contributed by atoms with Gasteiger partial charge in [-0.3, -0.25) is 0 Å². The number of nitrogens with zero attached hydrogens (tertiary/aromatic N) is 1. The van der Waals surface area contributed by atoms with Gasteiger partial charge in [0.05, 0.1) is 0 Å². The lowest BCUT2D eigenvalue weighted by Crippen LogP contribution is -2.37. The maximum atomic E-state index is 11.2. The first kappa shape index (κ1) is 22.8. The first-order valence-electron chi connectivity index (χ1n) is 11.0. The van der Waals surface area contributed by atoms with E-state index in [1.807, 2.05) is 42.5 Å². The van der Waals surface area contributed by atoms with Crippen molar-refractivity contribution < 1.29 is 19.1 Å². The van der Waals surface area contributed by atoms with E-state index in [1.54, 1.807) is 19.9 Å². The molecule has 0 radical (unpaired) electrons. The molecule has 0 spiro atoms. The number of oxazole rings is 1. The number of aromatic nitrogens is 1. The Morgan fingerprint density at radius 2 is 1.84 bits per heavy atom. The summed E-state index contributed by atoms with van der Waals surface area (Å²) in [4.78, 5) is 15.7. The van der Waals surface area contributed by atoms with Gasteiger partial charge in [0.25, 0.3) is 0 Å². The van der Waals surface area contributed by atoms with Crippen LogP contribution < -0.4 is 10.1 Å². The van der Waals surface area contributed by atoms with Gasteiger partial charge in [0, 0.05) is 6.42 Å². The standard InChI is InChI=1S/C25H32N2O4/c1-25(2,24(28)29)31-20-12-8-10-19(18-20)11-9-17-26-16-7-3-4-15-23-27-21-13-5-6-14-22(21)30-23/h5-6,8,10,12-14,18,26H,3-4,7,9,11,15-17H2,1-2H3,(H,28,29). The Balaban J connectivity index is 1.26. The number of unbranched alkanes of at least 4 members (excludes halogenated alkanes) is 2. The van der Waals surface area contributed by atoms with E-state index in [-0.39, 0.29) is 0 Å². The van der Waals surface area contributed by atoms with Crippen LogP contribution in [-0.4, -0.2) is 34.8 Å². The highest BCUT2D eigenvalue weighted by Gasteiger charge is 2.29. The van der Waals surface area contributed by atoms with Crippen molar-refractivity contribution in [1.82, 2.24) is 10.3 Å². The summed E-state index contributed by atoms with van der Waals surface area (Å²) in [6.07, 6.45) is 6.18. The summed E-state index contributed by atoms with van der Waals surface area (Å²) in [5.41, 5.74) is 1.71. The largest absolute Gasteiger partial charge is 0.478 e. The summed E-state index contributed by atoms with van der Waals surface area (Å²) >= 11 is 0. The van der Waals surface area contributed by atoms with Crippen LogP contribution >= 0.6 is 0 Å². The van der Waals surface area contributed by atoms with Crippen molar-refractivity contribution in [3.8, 4) is 5.75 Å². The number of nitrogens with one attached hydrogen (secondary N) is 1. The Labute approximate surface area is 183 Å². The molecule has 0 aliphatic rings. The number of ether oxygens (including phenoxy) is 1. The molecule has 0 aliphatic carbocycles. The minimum atomic E-state index is -1.24. The zero-order chi connectivity index (χ0) is 22.1. The van der Waals surface area contributed by atoms with Crippen molar-refractivity contribution in [1.29, 1.82) is 0 Å². The zero-order valence-electron chi connectivity index (χ0n) is 18.4. The van der Waals surface area contributed by atoms with Crippen molar-refractivity contribution in [2.24, 2.45) is 0 Å². The molecule has 2 N–H and O–H groups in total. The van der Waals surface area contributed by atoms with E-state index in [4.69, 9.17) is 9.15 Å². The third kappa shape index (κ3) is 7.10. The highest BCUT2D eigenvalue weighted by molar-refractivity contribution is 5.76. The molecule has 6 nitrogen and oxygen atoms in total. The average molecular weight is 425 g/mol. The number of carboxylic acids is 1. The zero-order valence-corrected chi connectivity index (χ0v) is 18.4. The van der Waals surface area contributed by atoms with Crippen LogP contribution in [0.2, 0.25) is 0 Å². The third-order valence-corrected chi connectivity index (χ3v) is 5.19. The lowest BCUT2D eigenvalue weighted by Gasteiger charge is -2.21. The Bertz CT molecular complexity index is 947. The van der Waals surface area contributed by atoms with Crippen molar-refractivity contribution in [2.75, 3.05) is 13.1 Å². The second-order valence-corrected chi connectivity index (χ2v) is 8.30. The molecular formula is C25H32N2O4. The molecule has 2 aromatic carbocycles. The van der Waals surface area contributed by atoms with Crippen LogP contribution in [0.1, 0.15) is 51.0 Å². The second-order valence-electron chi connectivity index (χ2n) is 8.30. The molecule has 0 fully saturated rings. The minimum Gasteiger partial charge on any atom is -0.478 e. The van der Waals surface area contributed by atoms with Gasteiger partial charge < -0.3 is 19.6 Å². The molecule has 1 heterocycles. The monoisotopic (exact) mass is 424 g/mol. The molecule has 0 aliphatic heterocycles. The fourth-order valence-electron chi connectivity index (χ4n) is 3.38. The minimum absolute atomic E-state index is 0.594. The Hall–Kier alpha value is -2.86. The summed E-state index contributed by atoms with van der Waals surface area (Å²) in [7, 11) is 0. The maximum absolute atomic E-state index is 11.2. The van der Waals surface area contributed by atoms with Gasteiger partial charge in [-0.1, -0.05) is 30.7 Å². The number of fused-ring (bicyclic) bond motifs is 1. The van der Waals surface area contributed by atoms with Crippen LogP contribution in [0.3, 0.4) is 0 Å². The highest BCUT2D eigenvalue weighted by Crippen LogP contribution is 2.21. The van der Waals surface area contributed by atoms with Gasteiger partial charge in [-0.2, -0.15) is 0 Å². The van der Waals surface area contributed by atoms with Gasteiger partial charge in [-0.05, 0) is 82.4 Å². The molecule has 3 aromatic rings. The van der Waals surface area contributed by atoms with E-state index < -0.39 is 11.6 Å². The number of rotatable bonds is 13. The summed E-state index contributed by atoms with van der Waals surface area (Å²) in [5.74, 6) is 0.444. The Kier molecular flexibility index (Phi) is 8.06. The highest BCUT2D eigenvalue weighted by atomic mass is 16.5. The van der Waals surface area contributed by atoms with Gasteiger partial charge in [0.1, 0.15) is 11.3 Å². The molecule has 31 heavy (non-hydrogen) atoms. The van der Waals surface area contributed by atoms with Gasteiger partial charge in [0.2, 0.25) is 0 Å². The quantitative estimate of drug-likeness (QED) is 0.376. The molecular weight excluding hydrogens is 392 g/mol. The molecule has 3 rings (SSSR count). The van der Waals surface area contributed by atoms with Crippen LogP contribution in [0.4, 0.5) is 0 Å². The lowest BCUT2D eigenvalue weighted by molar-refractivity contribution is -0.152. The normalized spacial score (nSPS) is 11.7. The van der Waals surface area contributed by atoms with Crippen LogP contribution in [0.15, 0.2) is 52.9 Å². The molecule has 0 amide bonds. The van der Waals surface area contributed by atoms with Gasteiger partial charge in [0.15, 0.2) is 17.1 Å². The van der Waals surface area contributed by atoms with Crippen LogP contribution in [0.25, 0.3) is 11.1 Å². The molecule has 0 saturated carbocycles. The first-order valence-corrected chi connectivity index (χ1v) is 11.0. The van der Waals surface area contributed by atoms with Gasteiger partial charge in [-0.25, -0.2) is 9.78 Å². The average Bonchev–Trinajstić information content (AvgIpc) is 3.15. The first-order chi connectivity index (χ1) is 14.9. The van der Waals surface area contributed by atoms with Gasteiger partial charge >= 0.3 is 5.97 Å². The number of carboxylic acid groups (broad SMARTS) is 1. The number of hydrogen-bond acceptors (Lipinski definition) is 5. The number of aliphatic carboxylic acids is 1. The molecule has 1 aromatic heterocycles. The van der Waals surface area contributed by atoms with Crippen LogP contribution in [0, 0.1) is 0 Å². The smallest absolute Gasteiger partial charge is 0.347 e. The summed E-state index contributed by atoms with van der Waals surface area (Å²) in [6.45, 7) is 5.07. The van der Waals surface area contributed by atoms with Crippen molar-refractivity contribution in [3.63, 3.8) is 0 Å². The topological polar surface area (TPSA) is 84.6 Å². The van der Waals surface area contributed by atoms with E-state index in [1.165, 1.54) is 0 Å². The lowest BCUT2D eigenvalue weighted by atomic mass is 10.1. The van der Waals surface area contributed by atoms with Gasteiger partial charge in [-0.15, -0.1) is 0 Å². The molecule has 6 heteroatoms. The number of carbonyl (C=O) groups is 1. The fraction of sp³-hybridized carbons (Fsp3) is 0.440. The van der Waals surface area contributed by atoms with Crippen molar-refractivity contribution in [2.45, 2.75) is 58.0 Å². The predicted octanol–water partition coefficient (Wildman–Crippen LogP) is 5.01. The Morgan fingerprint density at radius 3 is 2.65 bits per heavy atom. The van der Waals surface area contributed by atoms with E-state index in [9.17, 15) is 9.90 Å². The van der Waals surface area contributed by atoms with Crippen LogP contribution in [-0.2, 0) is 17.6 Å². The summed E-state index contributed by atoms with van der Waals surface area (Å²) < 4.78 is 11.4. The molecule has 166 valence electrons. The van der Waals surface area contributed by atoms with E-state index in [0.29, 0.717) is 5.75 Å². The number of aryl methyl sites for hydroxylation is 2. The van der Waals surface area contributed by atoms with Crippen LogP contribution in [0.5, 0.6) is 5.75 Å². The maximum Gasteiger partial charge on any atom is 0.347 e. The molecule has 0 bridgehead atoms. The van der Waals surface area contributed by atoms with E-state index in [2.05, 4.69) is 10.3 Å². The molecule has 0 atom stereocenters. The van der Waals surface area contributed by atoms with Crippen molar-refractivity contribution in [3.05, 3.63) is 60.0 Å². The molecule has 0 unspecified atom stereocenters. The van der Waals surface area contributed by atoms with E-state index in [0.717, 1.165) is 74.2 Å². The number of benzene rings is 2.